The molecule has 114 valence electrons. The molecule has 0 aliphatic heterocycles. The number of nitrogens with zero attached hydrogens (tertiary/aromatic N) is 1. The van der Waals surface area contributed by atoms with Gasteiger partial charge in [0.2, 0.25) is 0 Å². The molecule has 1 aliphatic carbocycles. The lowest BCUT2D eigenvalue weighted by molar-refractivity contribution is -0.131. The van der Waals surface area contributed by atoms with Crippen molar-refractivity contribution in [1.82, 2.24) is 0 Å². The molecule has 0 aromatic heterocycles. The first-order valence-electron chi connectivity index (χ1n) is 6.31. The molecule has 0 heterocycles. The van der Waals surface area contributed by atoms with E-state index in [0.717, 1.165) is 6.08 Å². The summed E-state index contributed by atoms with van der Waals surface area (Å²) in [6.07, 6.45) is -0.870. The zero-order chi connectivity index (χ0) is 15.6. The van der Waals surface area contributed by atoms with E-state index in [0.29, 0.717) is 18.4 Å². The number of anilines is 1. The molecule has 0 atom stereocenters. The van der Waals surface area contributed by atoms with Gasteiger partial charge < -0.3 is 10.0 Å². The Kier molecular flexibility index (Phi) is 4.46. The molecule has 3 nitrogen and oxygen atoms in total. The number of benzene rings is 1. The summed E-state index contributed by atoms with van der Waals surface area (Å²) in [7, 11) is 0. The van der Waals surface area contributed by atoms with Gasteiger partial charge in [0.15, 0.2) is 0 Å². The van der Waals surface area contributed by atoms with E-state index in [1.807, 2.05) is 0 Å². The first-order valence-corrected chi connectivity index (χ1v) is 6.68. The quantitative estimate of drug-likeness (QED) is 0.835. The normalized spacial score (nSPS) is 15.4. The second-order valence-electron chi connectivity index (χ2n) is 4.82. The van der Waals surface area contributed by atoms with Crippen molar-refractivity contribution in [1.29, 1.82) is 0 Å². The lowest BCUT2D eigenvalue weighted by atomic mass is 10.1. The fourth-order valence-corrected chi connectivity index (χ4v) is 2.39. The van der Waals surface area contributed by atoms with Crippen LogP contribution in [0, 0.1) is 0 Å². The Morgan fingerprint density at radius 1 is 1.43 bits per heavy atom. The SMILES string of the molecule is O=C(O)/C=C/c1cccc(Cl)c1N(CC(F)(F)F)C1CC1. The summed E-state index contributed by atoms with van der Waals surface area (Å²) in [4.78, 5) is 11.8. The van der Waals surface area contributed by atoms with Crippen molar-refractivity contribution in [2.45, 2.75) is 25.1 Å². The second-order valence-corrected chi connectivity index (χ2v) is 5.23. The molecule has 0 amide bonds. The number of halogens is 4. The van der Waals surface area contributed by atoms with Crippen LogP contribution in [-0.4, -0.2) is 29.8 Å². The van der Waals surface area contributed by atoms with E-state index in [1.165, 1.54) is 17.0 Å². The Bertz CT molecular complexity index is 568. The molecular formula is C14H13ClF3NO2. The number of carbonyl (C=O) groups is 1. The maximum absolute atomic E-state index is 12.8. The van der Waals surface area contributed by atoms with Crippen LogP contribution >= 0.6 is 11.6 Å². The largest absolute Gasteiger partial charge is 0.478 e. The first kappa shape index (κ1) is 15.7. The van der Waals surface area contributed by atoms with E-state index in [9.17, 15) is 18.0 Å². The fourth-order valence-electron chi connectivity index (χ4n) is 2.10. The Hall–Kier alpha value is -1.69. The third-order valence-electron chi connectivity index (χ3n) is 3.05. The lowest BCUT2D eigenvalue weighted by Crippen LogP contribution is -2.36. The number of alkyl halides is 3. The fraction of sp³-hybridized carbons (Fsp3) is 0.357. The minimum atomic E-state index is -4.35. The summed E-state index contributed by atoms with van der Waals surface area (Å²) >= 11 is 6.05. The van der Waals surface area contributed by atoms with Gasteiger partial charge in [0.1, 0.15) is 6.54 Å². The number of aliphatic carboxylic acids is 1. The lowest BCUT2D eigenvalue weighted by Gasteiger charge is -2.28. The van der Waals surface area contributed by atoms with Gasteiger partial charge >= 0.3 is 12.1 Å². The highest BCUT2D eigenvalue weighted by atomic mass is 35.5. The van der Waals surface area contributed by atoms with Gasteiger partial charge in [-0.15, -0.1) is 0 Å². The van der Waals surface area contributed by atoms with Gasteiger partial charge in [0, 0.05) is 12.1 Å². The molecule has 21 heavy (non-hydrogen) atoms. The van der Waals surface area contributed by atoms with Crippen LogP contribution in [0.25, 0.3) is 6.08 Å². The number of hydrogen-bond acceptors (Lipinski definition) is 2. The number of carboxylic acids is 1. The maximum Gasteiger partial charge on any atom is 0.405 e. The van der Waals surface area contributed by atoms with Crippen LogP contribution < -0.4 is 4.90 Å². The summed E-state index contributed by atoms with van der Waals surface area (Å²) in [5.74, 6) is -1.17. The third-order valence-corrected chi connectivity index (χ3v) is 3.35. The van der Waals surface area contributed by atoms with Crippen LogP contribution in [0.3, 0.4) is 0 Å². The maximum atomic E-state index is 12.8. The zero-order valence-electron chi connectivity index (χ0n) is 10.9. The highest BCUT2D eigenvalue weighted by molar-refractivity contribution is 6.33. The monoisotopic (exact) mass is 319 g/mol. The molecule has 1 aromatic carbocycles. The van der Waals surface area contributed by atoms with E-state index in [-0.39, 0.29) is 16.8 Å². The zero-order valence-corrected chi connectivity index (χ0v) is 11.7. The molecule has 0 bridgehead atoms. The summed E-state index contributed by atoms with van der Waals surface area (Å²) in [6.45, 7) is -1.10. The Morgan fingerprint density at radius 3 is 2.62 bits per heavy atom. The van der Waals surface area contributed by atoms with E-state index in [1.54, 1.807) is 12.1 Å². The molecule has 0 spiro atoms. The van der Waals surface area contributed by atoms with Gasteiger partial charge in [-0.25, -0.2) is 4.79 Å². The Labute approximate surface area is 124 Å². The van der Waals surface area contributed by atoms with Gasteiger partial charge in [-0.2, -0.15) is 13.2 Å². The molecule has 0 unspecified atom stereocenters. The molecule has 1 fully saturated rings. The van der Waals surface area contributed by atoms with Crippen molar-refractivity contribution in [3.8, 4) is 0 Å². The highest BCUT2D eigenvalue weighted by Gasteiger charge is 2.39. The van der Waals surface area contributed by atoms with Crippen molar-refractivity contribution in [3.63, 3.8) is 0 Å². The van der Waals surface area contributed by atoms with Crippen molar-refractivity contribution < 1.29 is 23.1 Å². The Morgan fingerprint density at radius 2 is 2.10 bits per heavy atom. The van der Waals surface area contributed by atoms with Crippen LogP contribution in [0.4, 0.5) is 18.9 Å². The average Bonchev–Trinajstić information content (AvgIpc) is 3.17. The predicted molar refractivity (Wildman–Crippen MR) is 74.5 cm³/mol. The van der Waals surface area contributed by atoms with Gasteiger partial charge in [-0.1, -0.05) is 23.7 Å². The number of hydrogen-bond donors (Lipinski definition) is 1. The number of para-hydroxylation sites is 1. The van der Waals surface area contributed by atoms with Gasteiger partial charge in [0.25, 0.3) is 0 Å². The molecule has 1 N–H and O–H groups in total. The average molecular weight is 320 g/mol. The molecule has 1 aliphatic rings. The van der Waals surface area contributed by atoms with Crippen molar-refractivity contribution in [2.75, 3.05) is 11.4 Å². The summed E-state index contributed by atoms with van der Waals surface area (Å²) < 4.78 is 38.3. The predicted octanol–water partition coefficient (Wildman–Crippen LogP) is 3.97. The number of rotatable bonds is 5. The number of carboxylic acid groups (broad SMARTS) is 1. The van der Waals surface area contributed by atoms with Crippen LogP contribution in [0.15, 0.2) is 24.3 Å². The summed E-state index contributed by atoms with van der Waals surface area (Å²) in [6, 6.07) is 4.42. The summed E-state index contributed by atoms with van der Waals surface area (Å²) in [5.41, 5.74) is 0.595. The van der Waals surface area contributed by atoms with Gasteiger partial charge in [0.05, 0.1) is 10.7 Å². The highest BCUT2D eigenvalue weighted by Crippen LogP contribution is 2.40. The van der Waals surface area contributed by atoms with Gasteiger partial charge in [-0.05, 0) is 30.5 Å². The second kappa shape index (κ2) is 5.97. The van der Waals surface area contributed by atoms with Crippen LogP contribution in [0.2, 0.25) is 5.02 Å². The molecule has 0 saturated heterocycles. The van der Waals surface area contributed by atoms with Crippen molar-refractivity contribution in [3.05, 3.63) is 34.9 Å². The van der Waals surface area contributed by atoms with E-state index < -0.39 is 18.7 Å². The Balaban J connectivity index is 2.41. The minimum absolute atomic E-state index is 0.179. The van der Waals surface area contributed by atoms with Crippen LogP contribution in [0.1, 0.15) is 18.4 Å². The summed E-state index contributed by atoms with van der Waals surface area (Å²) in [5, 5.41) is 8.85. The molecule has 2 rings (SSSR count). The minimum Gasteiger partial charge on any atom is -0.478 e. The third kappa shape index (κ3) is 4.39. The van der Waals surface area contributed by atoms with E-state index in [2.05, 4.69) is 0 Å². The topological polar surface area (TPSA) is 40.5 Å². The van der Waals surface area contributed by atoms with E-state index in [4.69, 9.17) is 16.7 Å². The molecule has 7 heteroatoms. The van der Waals surface area contributed by atoms with E-state index >= 15 is 0 Å². The van der Waals surface area contributed by atoms with Crippen LogP contribution in [0.5, 0.6) is 0 Å². The molecule has 1 aromatic rings. The van der Waals surface area contributed by atoms with Crippen molar-refractivity contribution in [2.24, 2.45) is 0 Å². The molecule has 1 saturated carbocycles. The smallest absolute Gasteiger partial charge is 0.405 e. The first-order chi connectivity index (χ1) is 9.78. The standard InChI is InChI=1S/C14H13ClF3NO2/c15-11-3-1-2-9(4-7-12(20)21)13(11)19(10-5-6-10)8-14(16,17)18/h1-4,7,10H,5-6,8H2,(H,20,21)/b7-4+. The molecular weight excluding hydrogens is 307 g/mol. The van der Waals surface area contributed by atoms with Crippen molar-refractivity contribution >= 4 is 29.3 Å². The van der Waals surface area contributed by atoms with Crippen LogP contribution in [-0.2, 0) is 4.79 Å². The molecule has 0 radical (unpaired) electrons. The van der Waals surface area contributed by atoms with Gasteiger partial charge in [-0.3, -0.25) is 0 Å².